The van der Waals surface area contributed by atoms with Gasteiger partial charge in [-0.05, 0) is 42.8 Å². The molecule has 25 heavy (non-hydrogen) atoms. The molecule has 2 rings (SSSR count). The Bertz CT molecular complexity index is 882. The lowest BCUT2D eigenvalue weighted by molar-refractivity contribution is -0.114. The van der Waals surface area contributed by atoms with E-state index in [9.17, 15) is 13.2 Å². The fourth-order valence-electron chi connectivity index (χ4n) is 2.04. The molecule has 2 aromatic rings. The highest BCUT2D eigenvalue weighted by atomic mass is 35.5. The summed E-state index contributed by atoms with van der Waals surface area (Å²) in [7, 11) is -0.636. The van der Waals surface area contributed by atoms with Crippen LogP contribution in [0.3, 0.4) is 0 Å². The first-order chi connectivity index (χ1) is 11.7. The van der Waals surface area contributed by atoms with Gasteiger partial charge in [0.2, 0.25) is 15.9 Å². The highest BCUT2D eigenvalue weighted by Crippen LogP contribution is 2.20. The summed E-state index contributed by atoms with van der Waals surface area (Å²) in [5.41, 5.74) is 2.10. The van der Waals surface area contributed by atoms with Gasteiger partial charge in [0.15, 0.2) is 0 Å². The topological polar surface area (TPSA) is 78.5 Å². The number of aryl methyl sites for hydroxylation is 1. The van der Waals surface area contributed by atoms with Gasteiger partial charge < -0.3 is 10.6 Å². The molecule has 0 aliphatic carbocycles. The van der Waals surface area contributed by atoms with Crippen molar-refractivity contribution in [3.05, 3.63) is 53.1 Å². The van der Waals surface area contributed by atoms with Crippen LogP contribution in [0, 0.1) is 6.92 Å². The second kappa shape index (κ2) is 7.86. The molecule has 0 aliphatic rings. The molecule has 2 aromatic carbocycles. The van der Waals surface area contributed by atoms with Crippen molar-refractivity contribution in [1.82, 2.24) is 4.31 Å². The van der Waals surface area contributed by atoms with Gasteiger partial charge in [-0.25, -0.2) is 12.7 Å². The van der Waals surface area contributed by atoms with Crippen LogP contribution >= 0.6 is 11.6 Å². The third-order valence-electron chi connectivity index (χ3n) is 3.52. The SMILES string of the molecule is Cc1ccc(NCC(=O)Nc2cccc(S(=O)(=O)N(C)C)c2)cc1Cl. The van der Waals surface area contributed by atoms with Crippen LogP contribution in [-0.2, 0) is 14.8 Å². The van der Waals surface area contributed by atoms with Crippen molar-refractivity contribution in [3.8, 4) is 0 Å². The minimum atomic E-state index is -3.55. The Balaban J connectivity index is 2.02. The molecule has 2 N–H and O–H groups in total. The lowest BCUT2D eigenvalue weighted by Crippen LogP contribution is -2.23. The van der Waals surface area contributed by atoms with Crippen molar-refractivity contribution in [3.63, 3.8) is 0 Å². The molecular formula is C17H20ClN3O3S. The predicted octanol–water partition coefficient (Wildman–Crippen LogP) is 2.95. The number of carbonyl (C=O) groups excluding carboxylic acids is 1. The van der Waals surface area contributed by atoms with Crippen LogP contribution in [0.4, 0.5) is 11.4 Å². The summed E-state index contributed by atoms with van der Waals surface area (Å²) in [5.74, 6) is -0.295. The summed E-state index contributed by atoms with van der Waals surface area (Å²) in [6, 6.07) is 11.6. The zero-order chi connectivity index (χ0) is 18.6. The molecule has 0 radical (unpaired) electrons. The van der Waals surface area contributed by atoms with E-state index >= 15 is 0 Å². The van der Waals surface area contributed by atoms with E-state index in [1.165, 1.54) is 26.2 Å². The molecule has 0 bridgehead atoms. The average Bonchev–Trinajstić information content (AvgIpc) is 2.56. The van der Waals surface area contributed by atoms with Crippen molar-refractivity contribution < 1.29 is 13.2 Å². The van der Waals surface area contributed by atoms with E-state index in [1.807, 2.05) is 19.1 Å². The Hall–Kier alpha value is -2.09. The molecule has 1 amide bonds. The van der Waals surface area contributed by atoms with Gasteiger partial charge in [0.05, 0.1) is 11.4 Å². The third-order valence-corrected chi connectivity index (χ3v) is 5.74. The molecule has 0 unspecified atom stereocenters. The van der Waals surface area contributed by atoms with Gasteiger partial charge in [-0.2, -0.15) is 0 Å². The van der Waals surface area contributed by atoms with Gasteiger partial charge in [-0.15, -0.1) is 0 Å². The summed E-state index contributed by atoms with van der Waals surface area (Å²) < 4.78 is 25.4. The number of nitrogens with one attached hydrogen (secondary N) is 2. The summed E-state index contributed by atoms with van der Waals surface area (Å²) >= 11 is 6.04. The number of carbonyl (C=O) groups is 1. The van der Waals surface area contributed by atoms with E-state index in [2.05, 4.69) is 10.6 Å². The van der Waals surface area contributed by atoms with Crippen LogP contribution in [0.15, 0.2) is 47.4 Å². The number of amides is 1. The van der Waals surface area contributed by atoms with E-state index < -0.39 is 10.0 Å². The lowest BCUT2D eigenvalue weighted by atomic mass is 10.2. The summed E-state index contributed by atoms with van der Waals surface area (Å²) in [4.78, 5) is 12.2. The number of rotatable bonds is 6. The molecule has 0 aliphatic heterocycles. The molecule has 0 fully saturated rings. The molecule has 0 saturated carbocycles. The van der Waals surface area contributed by atoms with Gasteiger partial charge in [0, 0.05) is 30.5 Å². The smallest absolute Gasteiger partial charge is 0.243 e. The number of sulfonamides is 1. The third kappa shape index (κ3) is 4.94. The van der Waals surface area contributed by atoms with E-state index in [0.717, 1.165) is 15.6 Å². The van der Waals surface area contributed by atoms with Crippen molar-refractivity contribution >= 4 is 38.9 Å². The van der Waals surface area contributed by atoms with E-state index in [4.69, 9.17) is 11.6 Å². The van der Waals surface area contributed by atoms with Crippen molar-refractivity contribution in [2.24, 2.45) is 0 Å². The maximum Gasteiger partial charge on any atom is 0.243 e. The van der Waals surface area contributed by atoms with E-state index in [-0.39, 0.29) is 17.3 Å². The zero-order valence-corrected chi connectivity index (χ0v) is 15.8. The second-order valence-corrected chi connectivity index (χ2v) is 8.24. The lowest BCUT2D eigenvalue weighted by Gasteiger charge is -2.13. The largest absolute Gasteiger partial charge is 0.376 e. The van der Waals surface area contributed by atoms with Crippen molar-refractivity contribution in [2.45, 2.75) is 11.8 Å². The number of hydrogen-bond acceptors (Lipinski definition) is 4. The monoisotopic (exact) mass is 381 g/mol. The Morgan fingerprint density at radius 1 is 1.12 bits per heavy atom. The predicted molar refractivity (Wildman–Crippen MR) is 101 cm³/mol. The number of benzene rings is 2. The van der Waals surface area contributed by atoms with Gasteiger partial charge in [-0.3, -0.25) is 4.79 Å². The van der Waals surface area contributed by atoms with Crippen molar-refractivity contribution in [2.75, 3.05) is 31.3 Å². The minimum Gasteiger partial charge on any atom is -0.376 e. The molecule has 6 nitrogen and oxygen atoms in total. The fourth-order valence-corrected chi connectivity index (χ4v) is 3.16. The van der Waals surface area contributed by atoms with Crippen LogP contribution in [0.5, 0.6) is 0 Å². The highest BCUT2D eigenvalue weighted by Gasteiger charge is 2.17. The summed E-state index contributed by atoms with van der Waals surface area (Å²) in [6.07, 6.45) is 0. The standard InChI is InChI=1S/C17H20ClN3O3S/c1-12-7-8-13(10-16(12)18)19-11-17(22)20-14-5-4-6-15(9-14)25(23,24)21(2)3/h4-10,19H,11H2,1-3H3,(H,20,22). The highest BCUT2D eigenvalue weighted by molar-refractivity contribution is 7.89. The molecule has 8 heteroatoms. The number of nitrogens with zero attached hydrogens (tertiary/aromatic N) is 1. The van der Waals surface area contributed by atoms with Crippen molar-refractivity contribution in [1.29, 1.82) is 0 Å². The van der Waals surface area contributed by atoms with Gasteiger partial charge >= 0.3 is 0 Å². The van der Waals surface area contributed by atoms with Gasteiger partial charge in [0.1, 0.15) is 0 Å². The van der Waals surface area contributed by atoms with Crippen LogP contribution < -0.4 is 10.6 Å². The maximum atomic E-state index is 12.1. The van der Waals surface area contributed by atoms with Crippen LogP contribution in [0.2, 0.25) is 5.02 Å². The maximum absolute atomic E-state index is 12.1. The Labute approximate surface area is 152 Å². The van der Waals surface area contributed by atoms with E-state index in [0.29, 0.717) is 10.7 Å². The molecule has 0 spiro atoms. The molecule has 0 atom stereocenters. The Morgan fingerprint density at radius 2 is 1.84 bits per heavy atom. The number of anilines is 2. The first-order valence-electron chi connectivity index (χ1n) is 7.52. The second-order valence-electron chi connectivity index (χ2n) is 5.68. The average molecular weight is 382 g/mol. The summed E-state index contributed by atoms with van der Waals surface area (Å²) in [6.45, 7) is 1.93. The zero-order valence-electron chi connectivity index (χ0n) is 14.2. The fraction of sp³-hybridized carbons (Fsp3) is 0.235. The molecule has 0 aromatic heterocycles. The normalized spacial score (nSPS) is 11.4. The van der Waals surface area contributed by atoms with E-state index in [1.54, 1.807) is 18.2 Å². The molecule has 0 heterocycles. The number of halogens is 1. The molecular weight excluding hydrogens is 362 g/mol. The summed E-state index contributed by atoms with van der Waals surface area (Å²) in [5, 5.41) is 6.26. The van der Waals surface area contributed by atoms with Gasteiger partial charge in [0.25, 0.3) is 0 Å². The first kappa shape index (κ1) is 19.2. The minimum absolute atomic E-state index is 0.0318. The Morgan fingerprint density at radius 3 is 2.48 bits per heavy atom. The molecule has 134 valence electrons. The quantitative estimate of drug-likeness (QED) is 0.806. The molecule has 0 saturated heterocycles. The number of hydrogen-bond donors (Lipinski definition) is 2. The first-order valence-corrected chi connectivity index (χ1v) is 9.34. The van der Waals surface area contributed by atoms with Crippen LogP contribution in [0.25, 0.3) is 0 Å². The van der Waals surface area contributed by atoms with Gasteiger partial charge in [-0.1, -0.05) is 23.7 Å². The van der Waals surface area contributed by atoms with Crippen LogP contribution in [-0.4, -0.2) is 39.3 Å². The van der Waals surface area contributed by atoms with Crippen LogP contribution in [0.1, 0.15) is 5.56 Å². The Kier molecular flexibility index (Phi) is 6.05.